The van der Waals surface area contributed by atoms with Crippen LogP contribution in [0, 0.1) is 0 Å². The molecule has 162 valence electrons. The average molecular weight is 443 g/mol. The summed E-state index contributed by atoms with van der Waals surface area (Å²) in [6.45, 7) is 0.0208. The molecule has 0 bridgehead atoms. The molecule has 0 unspecified atom stereocenters. The summed E-state index contributed by atoms with van der Waals surface area (Å²) in [5, 5.41) is 12.3. The van der Waals surface area contributed by atoms with E-state index < -0.39 is 5.97 Å². The van der Waals surface area contributed by atoms with Gasteiger partial charge in [-0.3, -0.25) is 9.59 Å². The number of halogens is 1. The summed E-state index contributed by atoms with van der Waals surface area (Å²) in [5.74, 6) is 0.0877. The first kappa shape index (κ1) is 22.2. The lowest BCUT2D eigenvalue weighted by molar-refractivity contribution is -0.137. The Morgan fingerprint density at radius 2 is 1.77 bits per heavy atom. The summed E-state index contributed by atoms with van der Waals surface area (Å²) in [4.78, 5) is 23.8. The highest BCUT2D eigenvalue weighted by atomic mass is 35.5. The number of hydrogen-bond acceptors (Lipinski definition) is 4. The molecule has 2 aromatic carbocycles. The van der Waals surface area contributed by atoms with Crippen LogP contribution in [-0.2, 0) is 22.6 Å². The number of ether oxygens (including phenoxy) is 2. The lowest BCUT2D eigenvalue weighted by Gasteiger charge is -2.14. The summed E-state index contributed by atoms with van der Waals surface area (Å²) in [6.07, 6.45) is 0.287. The fraction of sp³-hybridized carbons (Fsp3) is 0.217. The van der Waals surface area contributed by atoms with Gasteiger partial charge in [0.05, 0.1) is 25.7 Å². The van der Waals surface area contributed by atoms with Crippen molar-refractivity contribution >= 4 is 29.2 Å². The van der Waals surface area contributed by atoms with E-state index in [-0.39, 0.29) is 18.9 Å². The molecule has 0 radical (unpaired) electrons. The number of carboxylic acid groups (broad SMARTS) is 1. The molecule has 0 atom stereocenters. The number of aliphatic carboxylic acids is 1. The maximum atomic E-state index is 12.8. The molecule has 0 aliphatic rings. The zero-order valence-electron chi connectivity index (χ0n) is 17.2. The Morgan fingerprint density at radius 3 is 2.39 bits per heavy atom. The van der Waals surface area contributed by atoms with Gasteiger partial charge in [-0.25, -0.2) is 0 Å². The molecule has 0 aliphatic carbocycles. The third kappa shape index (κ3) is 5.58. The zero-order valence-corrected chi connectivity index (χ0v) is 18.0. The second kappa shape index (κ2) is 10.0. The van der Waals surface area contributed by atoms with Crippen molar-refractivity contribution in [2.24, 2.45) is 0 Å². The Balaban J connectivity index is 1.85. The topological polar surface area (TPSA) is 89.8 Å². The van der Waals surface area contributed by atoms with E-state index in [1.54, 1.807) is 25.3 Å². The standard InChI is InChI=1S/C23H23ClN2O5/c1-30-18-8-3-15(4-9-18)20-10-6-17(7-12-23(28)29)26(20)14-22(27)25-16-5-11-21(31-2)19(24)13-16/h3-6,8-11,13H,7,12,14H2,1-2H3,(H,25,27)(H,28,29). The Labute approximate surface area is 185 Å². The number of benzene rings is 2. The van der Waals surface area contributed by atoms with Gasteiger partial charge in [-0.05, 0) is 66.6 Å². The van der Waals surface area contributed by atoms with E-state index in [4.69, 9.17) is 26.2 Å². The summed E-state index contributed by atoms with van der Waals surface area (Å²) in [5.41, 5.74) is 3.01. The van der Waals surface area contributed by atoms with Gasteiger partial charge in [0, 0.05) is 17.1 Å². The van der Waals surface area contributed by atoms with Crippen LogP contribution in [0.3, 0.4) is 0 Å². The van der Waals surface area contributed by atoms with Gasteiger partial charge in [-0.1, -0.05) is 11.6 Å². The van der Waals surface area contributed by atoms with Gasteiger partial charge in [0.1, 0.15) is 18.0 Å². The third-order valence-corrected chi connectivity index (χ3v) is 5.08. The van der Waals surface area contributed by atoms with Crippen LogP contribution in [0.1, 0.15) is 12.1 Å². The largest absolute Gasteiger partial charge is 0.497 e. The zero-order chi connectivity index (χ0) is 22.4. The fourth-order valence-corrected chi connectivity index (χ4v) is 3.51. The van der Waals surface area contributed by atoms with E-state index in [0.717, 1.165) is 22.7 Å². The minimum absolute atomic E-state index is 0.0208. The van der Waals surface area contributed by atoms with E-state index >= 15 is 0 Å². The number of carboxylic acids is 1. The molecule has 1 heterocycles. The Hall–Kier alpha value is -3.45. The van der Waals surface area contributed by atoms with E-state index in [9.17, 15) is 9.59 Å². The highest BCUT2D eigenvalue weighted by molar-refractivity contribution is 6.32. The molecule has 0 saturated carbocycles. The molecular weight excluding hydrogens is 420 g/mol. The number of rotatable bonds is 9. The van der Waals surface area contributed by atoms with Crippen molar-refractivity contribution in [1.29, 1.82) is 0 Å². The molecule has 8 heteroatoms. The fourth-order valence-electron chi connectivity index (χ4n) is 3.25. The van der Waals surface area contributed by atoms with Crippen molar-refractivity contribution in [3.8, 4) is 22.8 Å². The lowest BCUT2D eigenvalue weighted by Crippen LogP contribution is -2.21. The lowest BCUT2D eigenvalue weighted by atomic mass is 10.1. The van der Waals surface area contributed by atoms with Crippen LogP contribution in [0.25, 0.3) is 11.3 Å². The first-order valence-electron chi connectivity index (χ1n) is 9.59. The number of anilines is 1. The predicted molar refractivity (Wildman–Crippen MR) is 119 cm³/mol. The van der Waals surface area contributed by atoms with Gasteiger partial charge < -0.3 is 24.5 Å². The van der Waals surface area contributed by atoms with Crippen molar-refractivity contribution in [2.75, 3.05) is 19.5 Å². The van der Waals surface area contributed by atoms with Crippen LogP contribution < -0.4 is 14.8 Å². The van der Waals surface area contributed by atoms with Crippen LogP contribution in [0.15, 0.2) is 54.6 Å². The number of nitrogens with zero attached hydrogens (tertiary/aromatic N) is 1. The minimum atomic E-state index is -0.893. The highest BCUT2D eigenvalue weighted by Crippen LogP contribution is 2.28. The van der Waals surface area contributed by atoms with Gasteiger partial charge in [-0.2, -0.15) is 0 Å². The molecule has 0 aliphatic heterocycles. The number of amides is 1. The van der Waals surface area contributed by atoms with Crippen molar-refractivity contribution in [3.05, 3.63) is 65.3 Å². The molecule has 31 heavy (non-hydrogen) atoms. The number of nitrogens with one attached hydrogen (secondary N) is 1. The summed E-state index contributed by atoms with van der Waals surface area (Å²) < 4.78 is 12.2. The van der Waals surface area contributed by atoms with Crippen molar-refractivity contribution in [2.45, 2.75) is 19.4 Å². The Kier molecular flexibility index (Phi) is 7.20. The molecule has 1 aromatic heterocycles. The van der Waals surface area contributed by atoms with Crippen LogP contribution in [0.2, 0.25) is 5.02 Å². The van der Waals surface area contributed by atoms with E-state index in [0.29, 0.717) is 22.9 Å². The number of carbonyl (C=O) groups excluding carboxylic acids is 1. The molecule has 7 nitrogen and oxygen atoms in total. The third-order valence-electron chi connectivity index (χ3n) is 4.79. The normalized spacial score (nSPS) is 10.5. The van der Waals surface area contributed by atoms with E-state index in [1.165, 1.54) is 7.11 Å². The predicted octanol–water partition coefficient (Wildman–Crippen LogP) is 4.48. The van der Waals surface area contributed by atoms with Crippen LogP contribution >= 0.6 is 11.6 Å². The first-order valence-corrected chi connectivity index (χ1v) is 9.97. The average Bonchev–Trinajstić information content (AvgIpc) is 3.14. The number of aromatic nitrogens is 1. The quantitative estimate of drug-likeness (QED) is 0.510. The number of aryl methyl sites for hydroxylation is 1. The van der Waals surface area contributed by atoms with Crippen LogP contribution in [-0.4, -0.2) is 35.8 Å². The number of hydrogen-bond donors (Lipinski definition) is 2. The first-order chi connectivity index (χ1) is 14.9. The molecular formula is C23H23ClN2O5. The second-order valence-corrected chi connectivity index (χ2v) is 7.22. The van der Waals surface area contributed by atoms with E-state index in [2.05, 4.69) is 5.32 Å². The van der Waals surface area contributed by atoms with E-state index in [1.807, 2.05) is 41.0 Å². The molecule has 0 saturated heterocycles. The monoisotopic (exact) mass is 442 g/mol. The number of carbonyl (C=O) groups is 2. The highest BCUT2D eigenvalue weighted by Gasteiger charge is 2.15. The van der Waals surface area contributed by atoms with Gasteiger partial charge in [0.15, 0.2) is 0 Å². The summed E-state index contributed by atoms with van der Waals surface area (Å²) in [7, 11) is 3.11. The molecule has 3 rings (SSSR count). The minimum Gasteiger partial charge on any atom is -0.497 e. The van der Waals surface area contributed by atoms with Crippen molar-refractivity contribution < 1.29 is 24.2 Å². The van der Waals surface area contributed by atoms with Gasteiger partial charge in [0.2, 0.25) is 5.91 Å². The van der Waals surface area contributed by atoms with Gasteiger partial charge >= 0.3 is 5.97 Å². The smallest absolute Gasteiger partial charge is 0.303 e. The van der Waals surface area contributed by atoms with Crippen LogP contribution in [0.4, 0.5) is 5.69 Å². The molecule has 1 amide bonds. The number of methoxy groups -OCH3 is 2. The Bertz CT molecular complexity index is 1080. The van der Waals surface area contributed by atoms with Gasteiger partial charge in [-0.15, -0.1) is 0 Å². The summed E-state index contributed by atoms with van der Waals surface area (Å²) >= 11 is 6.13. The summed E-state index contributed by atoms with van der Waals surface area (Å²) in [6, 6.07) is 16.2. The maximum Gasteiger partial charge on any atom is 0.303 e. The molecule has 2 N–H and O–H groups in total. The molecule has 0 fully saturated rings. The molecule has 3 aromatic rings. The van der Waals surface area contributed by atoms with Gasteiger partial charge in [0.25, 0.3) is 0 Å². The maximum absolute atomic E-state index is 12.8. The van der Waals surface area contributed by atoms with Crippen molar-refractivity contribution in [1.82, 2.24) is 4.57 Å². The van der Waals surface area contributed by atoms with Crippen molar-refractivity contribution in [3.63, 3.8) is 0 Å². The van der Waals surface area contributed by atoms with Crippen LogP contribution in [0.5, 0.6) is 11.5 Å². The SMILES string of the molecule is COc1ccc(-c2ccc(CCC(=O)O)n2CC(=O)Nc2ccc(OC)c(Cl)c2)cc1. The second-order valence-electron chi connectivity index (χ2n) is 6.82. The Morgan fingerprint density at radius 1 is 1.03 bits per heavy atom. The molecule has 0 spiro atoms.